The Morgan fingerprint density at radius 1 is 1.18 bits per heavy atom. The number of fused-ring (bicyclic) bond motifs is 1. The smallest absolute Gasteiger partial charge is 0.239 e. The van der Waals surface area contributed by atoms with Gasteiger partial charge in [0, 0.05) is 45.4 Å². The van der Waals surface area contributed by atoms with Gasteiger partial charge in [-0.05, 0) is 32.1 Å². The first-order chi connectivity index (χ1) is 10.8. The van der Waals surface area contributed by atoms with E-state index in [0.29, 0.717) is 11.9 Å². The monoisotopic (exact) mass is 309 g/mol. The van der Waals surface area contributed by atoms with Gasteiger partial charge in [-0.15, -0.1) is 0 Å². The van der Waals surface area contributed by atoms with Crippen LogP contribution in [0, 0.1) is 5.92 Å². The van der Waals surface area contributed by atoms with Gasteiger partial charge in [-0.2, -0.15) is 0 Å². The number of piperazine rings is 1. The number of carbonyl (C=O) groups is 1. The molecule has 0 bridgehead atoms. The third-order valence-electron chi connectivity index (χ3n) is 5.60. The molecule has 1 amide bonds. The Morgan fingerprint density at radius 3 is 2.68 bits per heavy atom. The zero-order valence-corrected chi connectivity index (χ0v) is 13.9. The van der Waals surface area contributed by atoms with E-state index in [1.165, 1.54) is 25.7 Å². The van der Waals surface area contributed by atoms with Gasteiger partial charge in [0.2, 0.25) is 5.91 Å². The van der Waals surface area contributed by atoms with Crippen LogP contribution >= 0.6 is 0 Å². The molecule has 1 N–H and O–H groups in total. The van der Waals surface area contributed by atoms with Gasteiger partial charge >= 0.3 is 0 Å². The molecule has 2 saturated heterocycles. The van der Waals surface area contributed by atoms with Crippen LogP contribution in [-0.2, 0) is 9.53 Å². The highest BCUT2D eigenvalue weighted by Crippen LogP contribution is 2.33. The van der Waals surface area contributed by atoms with Crippen LogP contribution in [0.25, 0.3) is 0 Å². The Balaban J connectivity index is 1.42. The van der Waals surface area contributed by atoms with Gasteiger partial charge in [0.1, 0.15) is 0 Å². The van der Waals surface area contributed by atoms with E-state index in [-0.39, 0.29) is 6.04 Å². The van der Waals surface area contributed by atoms with Crippen molar-refractivity contribution in [3.05, 3.63) is 0 Å². The molecule has 5 heteroatoms. The van der Waals surface area contributed by atoms with E-state index in [9.17, 15) is 4.79 Å². The Morgan fingerprint density at radius 2 is 1.95 bits per heavy atom. The highest BCUT2D eigenvalue weighted by atomic mass is 16.5. The molecule has 22 heavy (non-hydrogen) atoms. The number of rotatable bonds is 5. The molecular weight excluding hydrogens is 278 g/mol. The third kappa shape index (κ3) is 3.81. The molecule has 0 aromatic heterocycles. The van der Waals surface area contributed by atoms with Crippen molar-refractivity contribution in [1.82, 2.24) is 15.1 Å². The normalized spacial score (nSPS) is 33.0. The molecule has 5 nitrogen and oxygen atoms in total. The van der Waals surface area contributed by atoms with Crippen molar-refractivity contribution < 1.29 is 9.53 Å². The SMILES string of the molecule is CCOCCN1CCN(C(=O)C2CC3CCCCC3N2)CC1. The molecule has 2 heterocycles. The average Bonchev–Trinajstić information content (AvgIpc) is 2.99. The number of amides is 1. The largest absolute Gasteiger partial charge is 0.380 e. The predicted molar refractivity (Wildman–Crippen MR) is 86.8 cm³/mol. The molecule has 3 fully saturated rings. The molecule has 0 radical (unpaired) electrons. The summed E-state index contributed by atoms with van der Waals surface area (Å²) in [7, 11) is 0. The van der Waals surface area contributed by atoms with Crippen LogP contribution < -0.4 is 5.32 Å². The van der Waals surface area contributed by atoms with E-state index in [0.717, 1.165) is 58.3 Å². The Labute approximate surface area is 134 Å². The van der Waals surface area contributed by atoms with E-state index in [1.807, 2.05) is 6.92 Å². The Hall–Kier alpha value is -0.650. The lowest BCUT2D eigenvalue weighted by atomic mass is 9.85. The molecule has 3 atom stereocenters. The second-order valence-corrected chi connectivity index (χ2v) is 6.97. The summed E-state index contributed by atoms with van der Waals surface area (Å²) in [6.07, 6.45) is 6.32. The van der Waals surface area contributed by atoms with Crippen LogP contribution in [0.4, 0.5) is 0 Å². The summed E-state index contributed by atoms with van der Waals surface area (Å²) in [4.78, 5) is 17.2. The van der Waals surface area contributed by atoms with Crippen LogP contribution in [0.2, 0.25) is 0 Å². The topological polar surface area (TPSA) is 44.8 Å². The maximum atomic E-state index is 12.7. The zero-order valence-electron chi connectivity index (χ0n) is 13.9. The fourth-order valence-electron chi connectivity index (χ4n) is 4.26. The first kappa shape index (κ1) is 16.2. The van der Waals surface area contributed by atoms with E-state index in [4.69, 9.17) is 4.74 Å². The molecule has 0 aromatic carbocycles. The maximum Gasteiger partial charge on any atom is 0.239 e. The van der Waals surface area contributed by atoms with Crippen molar-refractivity contribution in [2.75, 3.05) is 45.9 Å². The first-order valence-corrected chi connectivity index (χ1v) is 9.13. The van der Waals surface area contributed by atoms with Gasteiger partial charge in [-0.1, -0.05) is 12.8 Å². The quantitative estimate of drug-likeness (QED) is 0.772. The van der Waals surface area contributed by atoms with Crippen LogP contribution in [-0.4, -0.2) is 73.7 Å². The standard InChI is InChI=1S/C17H31N3O2/c1-2-22-12-11-19-7-9-20(10-8-19)17(21)16-13-14-5-3-4-6-15(14)18-16/h14-16,18H,2-13H2,1H3. The van der Waals surface area contributed by atoms with Crippen LogP contribution in [0.5, 0.6) is 0 Å². The van der Waals surface area contributed by atoms with Crippen molar-refractivity contribution in [2.45, 2.75) is 51.1 Å². The van der Waals surface area contributed by atoms with Gasteiger partial charge in [0.15, 0.2) is 0 Å². The van der Waals surface area contributed by atoms with Gasteiger partial charge in [-0.25, -0.2) is 0 Å². The summed E-state index contributed by atoms with van der Waals surface area (Å²) >= 11 is 0. The summed E-state index contributed by atoms with van der Waals surface area (Å²) in [5, 5.41) is 3.62. The van der Waals surface area contributed by atoms with Gasteiger partial charge in [0.25, 0.3) is 0 Å². The lowest BCUT2D eigenvalue weighted by molar-refractivity contribution is -0.135. The summed E-state index contributed by atoms with van der Waals surface area (Å²) in [6, 6.07) is 0.693. The zero-order chi connectivity index (χ0) is 15.4. The number of ether oxygens (including phenoxy) is 1. The fraction of sp³-hybridized carbons (Fsp3) is 0.941. The molecule has 3 unspecified atom stereocenters. The molecule has 0 spiro atoms. The summed E-state index contributed by atoms with van der Waals surface area (Å²) in [6.45, 7) is 8.32. The number of hydrogen-bond donors (Lipinski definition) is 1. The second-order valence-electron chi connectivity index (χ2n) is 6.97. The molecule has 0 aromatic rings. The fourth-order valence-corrected chi connectivity index (χ4v) is 4.26. The highest BCUT2D eigenvalue weighted by Gasteiger charge is 2.40. The van der Waals surface area contributed by atoms with Gasteiger partial charge in [-0.3, -0.25) is 9.69 Å². The number of carbonyl (C=O) groups excluding carboxylic acids is 1. The number of hydrogen-bond acceptors (Lipinski definition) is 4. The lowest BCUT2D eigenvalue weighted by Crippen LogP contribution is -2.53. The third-order valence-corrected chi connectivity index (χ3v) is 5.60. The van der Waals surface area contributed by atoms with Crippen LogP contribution in [0.1, 0.15) is 39.0 Å². The minimum Gasteiger partial charge on any atom is -0.380 e. The van der Waals surface area contributed by atoms with Gasteiger partial charge in [0.05, 0.1) is 12.6 Å². The van der Waals surface area contributed by atoms with Gasteiger partial charge < -0.3 is 15.0 Å². The molecule has 2 aliphatic heterocycles. The van der Waals surface area contributed by atoms with Crippen molar-refractivity contribution >= 4 is 5.91 Å². The second kappa shape index (κ2) is 7.75. The number of nitrogens with one attached hydrogen (secondary N) is 1. The molecule has 3 aliphatic rings. The first-order valence-electron chi connectivity index (χ1n) is 9.13. The summed E-state index contributed by atoms with van der Waals surface area (Å²) in [5.74, 6) is 1.09. The molecular formula is C17H31N3O2. The van der Waals surface area contributed by atoms with Crippen molar-refractivity contribution in [3.63, 3.8) is 0 Å². The van der Waals surface area contributed by atoms with Crippen molar-refractivity contribution in [2.24, 2.45) is 5.92 Å². The minimum atomic E-state index is 0.0862. The summed E-state index contributed by atoms with van der Waals surface area (Å²) in [5.41, 5.74) is 0. The van der Waals surface area contributed by atoms with Crippen LogP contribution in [0.15, 0.2) is 0 Å². The predicted octanol–water partition coefficient (Wildman–Crippen LogP) is 1.09. The number of nitrogens with zero attached hydrogens (tertiary/aromatic N) is 2. The minimum absolute atomic E-state index is 0.0862. The van der Waals surface area contributed by atoms with Crippen molar-refractivity contribution in [1.29, 1.82) is 0 Å². The van der Waals surface area contributed by atoms with Crippen molar-refractivity contribution in [3.8, 4) is 0 Å². The molecule has 3 rings (SSSR count). The Kier molecular flexibility index (Phi) is 5.71. The molecule has 1 saturated carbocycles. The summed E-state index contributed by atoms with van der Waals surface area (Å²) < 4.78 is 5.41. The van der Waals surface area contributed by atoms with E-state index in [1.54, 1.807) is 0 Å². The van der Waals surface area contributed by atoms with E-state index in [2.05, 4.69) is 15.1 Å². The molecule has 126 valence electrons. The highest BCUT2D eigenvalue weighted by molar-refractivity contribution is 5.82. The Bertz CT molecular complexity index is 355. The van der Waals surface area contributed by atoms with E-state index >= 15 is 0 Å². The molecule has 1 aliphatic carbocycles. The maximum absolute atomic E-state index is 12.7. The lowest BCUT2D eigenvalue weighted by Gasteiger charge is -2.36. The average molecular weight is 309 g/mol. The van der Waals surface area contributed by atoms with E-state index < -0.39 is 0 Å². The van der Waals surface area contributed by atoms with Crippen LogP contribution in [0.3, 0.4) is 0 Å².